The van der Waals surface area contributed by atoms with Gasteiger partial charge in [-0.3, -0.25) is 0 Å². The molecule has 1 aliphatic heterocycles. The molecule has 14 heavy (non-hydrogen) atoms. The lowest BCUT2D eigenvalue weighted by Gasteiger charge is -2.37. The van der Waals surface area contributed by atoms with Crippen molar-refractivity contribution in [3.8, 4) is 0 Å². The Hall–Kier alpha value is -0.0800. The van der Waals surface area contributed by atoms with E-state index in [0.717, 1.165) is 37.8 Å². The molecular weight excluding hydrogens is 174 g/mol. The second-order valence-corrected chi connectivity index (χ2v) is 5.20. The topological polar surface area (TPSA) is 23.5 Å². The molecule has 1 unspecified atom stereocenters. The zero-order chi connectivity index (χ0) is 9.97. The molecule has 1 aliphatic carbocycles. The number of piperidine rings is 1. The summed E-state index contributed by atoms with van der Waals surface area (Å²) in [6.45, 7) is 5.88. The second kappa shape index (κ2) is 4.63. The second-order valence-electron chi connectivity index (χ2n) is 5.20. The van der Waals surface area contributed by atoms with Crippen molar-refractivity contribution < 1.29 is 5.11 Å². The third kappa shape index (κ3) is 2.48. The van der Waals surface area contributed by atoms with Crippen LogP contribution in [0.15, 0.2) is 0 Å². The standard InChI is InChI=1S/C12H23NO/c1-10(11-3-2-4-11)9-13-7-5-12(14)6-8-13/h10-12,14H,2-9H2,1H3. The van der Waals surface area contributed by atoms with Crippen molar-refractivity contribution >= 4 is 0 Å². The monoisotopic (exact) mass is 197 g/mol. The van der Waals surface area contributed by atoms with Crippen LogP contribution in [-0.4, -0.2) is 35.7 Å². The minimum atomic E-state index is -0.0229. The van der Waals surface area contributed by atoms with Gasteiger partial charge in [0.1, 0.15) is 0 Å². The van der Waals surface area contributed by atoms with E-state index in [-0.39, 0.29) is 6.10 Å². The zero-order valence-electron chi connectivity index (χ0n) is 9.28. The summed E-state index contributed by atoms with van der Waals surface area (Å²) < 4.78 is 0. The number of nitrogens with zero attached hydrogens (tertiary/aromatic N) is 1. The Kier molecular flexibility index (Phi) is 3.45. The molecule has 2 nitrogen and oxygen atoms in total. The van der Waals surface area contributed by atoms with Crippen LogP contribution in [0, 0.1) is 11.8 Å². The molecule has 0 amide bonds. The SMILES string of the molecule is CC(CN1CCC(O)CC1)C1CCC1. The highest BCUT2D eigenvalue weighted by Crippen LogP contribution is 2.33. The summed E-state index contributed by atoms with van der Waals surface area (Å²) in [6, 6.07) is 0. The van der Waals surface area contributed by atoms with Crippen LogP contribution in [0.3, 0.4) is 0 Å². The van der Waals surface area contributed by atoms with E-state index < -0.39 is 0 Å². The lowest BCUT2D eigenvalue weighted by molar-refractivity contribution is 0.0637. The van der Waals surface area contributed by atoms with Gasteiger partial charge in [-0.2, -0.15) is 0 Å². The normalized spacial score (nSPS) is 28.7. The van der Waals surface area contributed by atoms with E-state index in [1.807, 2.05) is 0 Å². The molecule has 1 saturated carbocycles. The van der Waals surface area contributed by atoms with E-state index in [2.05, 4.69) is 11.8 Å². The molecule has 2 aliphatic rings. The fourth-order valence-electron chi connectivity index (χ4n) is 2.67. The van der Waals surface area contributed by atoms with Crippen molar-refractivity contribution in [2.24, 2.45) is 11.8 Å². The average Bonchev–Trinajstić information content (AvgIpc) is 2.06. The summed E-state index contributed by atoms with van der Waals surface area (Å²) in [7, 11) is 0. The fraction of sp³-hybridized carbons (Fsp3) is 1.00. The Morgan fingerprint density at radius 3 is 2.36 bits per heavy atom. The van der Waals surface area contributed by atoms with Crippen LogP contribution in [0.5, 0.6) is 0 Å². The van der Waals surface area contributed by atoms with Crippen LogP contribution in [0.25, 0.3) is 0 Å². The van der Waals surface area contributed by atoms with Crippen LogP contribution in [-0.2, 0) is 0 Å². The predicted octanol–water partition coefficient (Wildman–Crippen LogP) is 1.88. The van der Waals surface area contributed by atoms with Crippen LogP contribution in [0.2, 0.25) is 0 Å². The molecule has 1 saturated heterocycles. The number of likely N-dealkylation sites (tertiary alicyclic amines) is 1. The van der Waals surface area contributed by atoms with Crippen molar-refractivity contribution in [2.45, 2.75) is 45.1 Å². The number of hydrogen-bond acceptors (Lipinski definition) is 2. The first-order chi connectivity index (χ1) is 6.75. The van der Waals surface area contributed by atoms with Gasteiger partial charge in [0.15, 0.2) is 0 Å². The van der Waals surface area contributed by atoms with Crippen molar-refractivity contribution in [1.82, 2.24) is 4.90 Å². The maximum Gasteiger partial charge on any atom is 0.0564 e. The Balaban J connectivity index is 1.68. The summed E-state index contributed by atoms with van der Waals surface area (Å²) in [5.74, 6) is 1.88. The van der Waals surface area contributed by atoms with Crippen LogP contribution in [0.4, 0.5) is 0 Å². The van der Waals surface area contributed by atoms with Crippen LogP contribution >= 0.6 is 0 Å². The first kappa shape index (κ1) is 10.4. The summed E-state index contributed by atoms with van der Waals surface area (Å²) >= 11 is 0. The molecule has 1 heterocycles. The molecule has 0 radical (unpaired) electrons. The predicted molar refractivity (Wildman–Crippen MR) is 58.2 cm³/mol. The Labute approximate surface area is 87.3 Å². The van der Waals surface area contributed by atoms with E-state index in [9.17, 15) is 5.11 Å². The lowest BCUT2D eigenvalue weighted by atomic mass is 9.76. The molecule has 1 atom stereocenters. The maximum absolute atomic E-state index is 9.40. The average molecular weight is 197 g/mol. The van der Waals surface area contributed by atoms with Crippen molar-refractivity contribution in [3.05, 3.63) is 0 Å². The van der Waals surface area contributed by atoms with Crippen LogP contribution < -0.4 is 0 Å². The van der Waals surface area contributed by atoms with E-state index >= 15 is 0 Å². The molecule has 1 N–H and O–H groups in total. The number of aliphatic hydroxyl groups excluding tert-OH is 1. The smallest absolute Gasteiger partial charge is 0.0564 e. The van der Waals surface area contributed by atoms with Gasteiger partial charge in [0, 0.05) is 19.6 Å². The maximum atomic E-state index is 9.40. The summed E-state index contributed by atoms with van der Waals surface area (Å²) in [6.07, 6.45) is 6.31. The Bertz CT molecular complexity index is 171. The summed E-state index contributed by atoms with van der Waals surface area (Å²) in [4.78, 5) is 2.54. The van der Waals surface area contributed by atoms with Gasteiger partial charge in [0.2, 0.25) is 0 Å². The molecule has 0 aromatic rings. The van der Waals surface area contributed by atoms with E-state index in [0.29, 0.717) is 0 Å². The van der Waals surface area contributed by atoms with Gasteiger partial charge in [0.05, 0.1) is 6.10 Å². The Morgan fingerprint density at radius 1 is 1.21 bits per heavy atom. The van der Waals surface area contributed by atoms with E-state index in [4.69, 9.17) is 0 Å². The van der Waals surface area contributed by atoms with Crippen LogP contribution in [0.1, 0.15) is 39.0 Å². The van der Waals surface area contributed by atoms with Crippen molar-refractivity contribution in [2.75, 3.05) is 19.6 Å². The lowest BCUT2D eigenvalue weighted by Crippen LogP contribution is -2.40. The number of hydrogen-bond donors (Lipinski definition) is 1. The first-order valence-corrected chi connectivity index (χ1v) is 6.16. The van der Waals surface area contributed by atoms with E-state index in [1.54, 1.807) is 0 Å². The third-order valence-corrected chi connectivity index (χ3v) is 4.06. The molecule has 2 heteroatoms. The molecule has 2 rings (SSSR count). The molecule has 0 aromatic carbocycles. The molecular formula is C12H23NO. The number of aliphatic hydroxyl groups is 1. The van der Waals surface area contributed by atoms with Crippen molar-refractivity contribution in [1.29, 1.82) is 0 Å². The van der Waals surface area contributed by atoms with Crippen molar-refractivity contribution in [3.63, 3.8) is 0 Å². The summed E-state index contributed by atoms with van der Waals surface area (Å²) in [5, 5.41) is 9.40. The highest BCUT2D eigenvalue weighted by Gasteiger charge is 2.26. The first-order valence-electron chi connectivity index (χ1n) is 6.16. The summed E-state index contributed by atoms with van der Waals surface area (Å²) in [5.41, 5.74) is 0. The molecule has 2 fully saturated rings. The van der Waals surface area contributed by atoms with Gasteiger partial charge in [-0.15, -0.1) is 0 Å². The van der Waals surface area contributed by atoms with Gasteiger partial charge < -0.3 is 10.0 Å². The highest BCUT2D eigenvalue weighted by atomic mass is 16.3. The zero-order valence-corrected chi connectivity index (χ0v) is 9.28. The minimum absolute atomic E-state index is 0.0229. The third-order valence-electron chi connectivity index (χ3n) is 4.06. The molecule has 0 spiro atoms. The molecule has 0 aromatic heterocycles. The van der Waals surface area contributed by atoms with Gasteiger partial charge >= 0.3 is 0 Å². The van der Waals surface area contributed by atoms with E-state index in [1.165, 1.54) is 25.8 Å². The minimum Gasteiger partial charge on any atom is -0.393 e. The van der Waals surface area contributed by atoms with Gasteiger partial charge in [-0.25, -0.2) is 0 Å². The van der Waals surface area contributed by atoms with Gasteiger partial charge in [0.25, 0.3) is 0 Å². The molecule has 82 valence electrons. The highest BCUT2D eigenvalue weighted by molar-refractivity contribution is 4.79. The van der Waals surface area contributed by atoms with Gasteiger partial charge in [-0.05, 0) is 24.7 Å². The quantitative estimate of drug-likeness (QED) is 0.746. The Morgan fingerprint density at radius 2 is 1.86 bits per heavy atom. The molecule has 0 bridgehead atoms. The number of rotatable bonds is 3. The van der Waals surface area contributed by atoms with Gasteiger partial charge in [-0.1, -0.05) is 26.2 Å². The largest absolute Gasteiger partial charge is 0.393 e. The fourth-order valence-corrected chi connectivity index (χ4v) is 2.67.